The molecule has 0 aliphatic heterocycles. The first-order valence-corrected chi connectivity index (χ1v) is 8.15. The molecule has 1 amide bonds. The largest absolute Gasteiger partial charge is 0.493 e. The number of methoxy groups -OCH3 is 2. The number of carbonyl (C=O) groups excluding carboxylic acids is 1. The smallest absolute Gasteiger partial charge is 0.268 e. The average Bonchev–Trinajstić information content (AvgIpc) is 2.95. The Hall–Kier alpha value is -2.66. The summed E-state index contributed by atoms with van der Waals surface area (Å²) in [6, 6.07) is 13.0. The predicted octanol–water partition coefficient (Wildman–Crippen LogP) is 3.78. The van der Waals surface area contributed by atoms with Gasteiger partial charge in [0.1, 0.15) is 5.69 Å². The van der Waals surface area contributed by atoms with Crippen LogP contribution in [0, 0.1) is 0 Å². The van der Waals surface area contributed by atoms with Crippen LogP contribution in [0.25, 0.3) is 10.9 Å². The lowest BCUT2D eigenvalue weighted by atomic mass is 10.2. The fourth-order valence-corrected chi connectivity index (χ4v) is 2.95. The van der Waals surface area contributed by atoms with Gasteiger partial charge in [0, 0.05) is 29.5 Å². The van der Waals surface area contributed by atoms with Crippen molar-refractivity contribution < 1.29 is 14.3 Å². The number of hydrogen-bond acceptors (Lipinski definition) is 3. The minimum absolute atomic E-state index is 0.149. The van der Waals surface area contributed by atoms with Crippen LogP contribution in [0.4, 0.5) is 0 Å². The van der Waals surface area contributed by atoms with Gasteiger partial charge in [0.15, 0.2) is 11.5 Å². The molecular formula is C19H19ClN2O3. The Bertz CT molecular complexity index is 934. The van der Waals surface area contributed by atoms with Crippen molar-refractivity contribution in [3.63, 3.8) is 0 Å². The van der Waals surface area contributed by atoms with Crippen molar-refractivity contribution in [3.05, 3.63) is 58.7 Å². The van der Waals surface area contributed by atoms with Gasteiger partial charge < -0.3 is 19.4 Å². The summed E-state index contributed by atoms with van der Waals surface area (Å²) in [6.45, 7) is 0.390. The molecule has 0 unspecified atom stereocenters. The molecule has 0 saturated heterocycles. The average molecular weight is 359 g/mol. The second-order valence-electron chi connectivity index (χ2n) is 5.66. The Balaban J connectivity index is 1.78. The molecule has 0 aliphatic carbocycles. The van der Waals surface area contributed by atoms with E-state index >= 15 is 0 Å². The van der Waals surface area contributed by atoms with E-state index < -0.39 is 0 Å². The number of ether oxygens (including phenoxy) is 2. The molecule has 3 aromatic rings. The highest BCUT2D eigenvalue weighted by Gasteiger charge is 2.14. The van der Waals surface area contributed by atoms with Gasteiger partial charge in [0.2, 0.25) is 0 Å². The molecule has 0 atom stereocenters. The fraction of sp³-hybridized carbons (Fsp3) is 0.211. The van der Waals surface area contributed by atoms with Crippen LogP contribution in [-0.2, 0) is 13.6 Å². The number of nitrogens with zero attached hydrogens (tertiary/aromatic N) is 1. The number of carbonyl (C=O) groups is 1. The standard InChI is InChI=1S/C19H19ClN2O3/c1-22-15-10-14(20)6-5-13(15)9-16(22)19(23)21-11-12-4-7-17(24-2)18(8-12)25-3/h4-10H,11H2,1-3H3,(H,21,23). The van der Waals surface area contributed by atoms with Crippen molar-refractivity contribution >= 4 is 28.4 Å². The lowest BCUT2D eigenvalue weighted by Gasteiger charge is -2.10. The third-order valence-corrected chi connectivity index (χ3v) is 4.38. The molecule has 1 heterocycles. The Labute approximate surface area is 151 Å². The lowest BCUT2D eigenvalue weighted by Crippen LogP contribution is -2.24. The van der Waals surface area contributed by atoms with Crippen LogP contribution in [0.2, 0.25) is 5.02 Å². The van der Waals surface area contributed by atoms with Gasteiger partial charge in [-0.2, -0.15) is 0 Å². The number of benzene rings is 2. The number of hydrogen-bond donors (Lipinski definition) is 1. The highest BCUT2D eigenvalue weighted by Crippen LogP contribution is 2.27. The normalized spacial score (nSPS) is 10.7. The monoisotopic (exact) mass is 358 g/mol. The quantitative estimate of drug-likeness (QED) is 0.755. The molecule has 0 saturated carbocycles. The molecule has 1 N–H and O–H groups in total. The molecule has 0 bridgehead atoms. The fourth-order valence-electron chi connectivity index (χ4n) is 2.78. The molecule has 0 radical (unpaired) electrons. The SMILES string of the molecule is COc1ccc(CNC(=O)c2cc3ccc(Cl)cc3n2C)cc1OC. The molecule has 0 aliphatic rings. The number of nitrogens with one attached hydrogen (secondary N) is 1. The Morgan fingerprint density at radius 3 is 2.56 bits per heavy atom. The van der Waals surface area contributed by atoms with E-state index in [2.05, 4.69) is 5.32 Å². The maximum Gasteiger partial charge on any atom is 0.268 e. The van der Waals surface area contributed by atoms with Gasteiger partial charge in [-0.3, -0.25) is 4.79 Å². The number of amides is 1. The molecule has 25 heavy (non-hydrogen) atoms. The Morgan fingerprint density at radius 2 is 1.84 bits per heavy atom. The van der Waals surface area contributed by atoms with Crippen molar-refractivity contribution in [2.24, 2.45) is 7.05 Å². The van der Waals surface area contributed by atoms with Crippen LogP contribution in [0.1, 0.15) is 16.1 Å². The summed E-state index contributed by atoms with van der Waals surface area (Å²) in [6.07, 6.45) is 0. The lowest BCUT2D eigenvalue weighted by molar-refractivity contribution is 0.0943. The number of aryl methyl sites for hydroxylation is 1. The van der Waals surface area contributed by atoms with E-state index in [1.165, 1.54) is 0 Å². The first-order valence-electron chi connectivity index (χ1n) is 7.77. The zero-order valence-corrected chi connectivity index (χ0v) is 15.1. The summed E-state index contributed by atoms with van der Waals surface area (Å²) in [7, 11) is 5.02. The number of fused-ring (bicyclic) bond motifs is 1. The summed E-state index contributed by atoms with van der Waals surface area (Å²) in [5.41, 5.74) is 2.43. The molecule has 5 nitrogen and oxygen atoms in total. The molecule has 6 heteroatoms. The highest BCUT2D eigenvalue weighted by molar-refractivity contribution is 6.31. The van der Waals surface area contributed by atoms with E-state index in [1.54, 1.807) is 14.2 Å². The zero-order valence-electron chi connectivity index (χ0n) is 14.3. The topological polar surface area (TPSA) is 52.5 Å². The number of rotatable bonds is 5. The third kappa shape index (κ3) is 3.42. The Kier molecular flexibility index (Phi) is 4.86. The van der Waals surface area contributed by atoms with Gasteiger partial charge in [-0.15, -0.1) is 0 Å². The van der Waals surface area contributed by atoms with Crippen molar-refractivity contribution in [2.75, 3.05) is 14.2 Å². The zero-order chi connectivity index (χ0) is 18.0. The first kappa shape index (κ1) is 17.2. The predicted molar refractivity (Wildman–Crippen MR) is 98.6 cm³/mol. The molecule has 0 fully saturated rings. The summed E-state index contributed by atoms with van der Waals surface area (Å²) >= 11 is 6.04. The second kappa shape index (κ2) is 7.07. The van der Waals surface area contributed by atoms with Crippen LogP contribution in [0.5, 0.6) is 11.5 Å². The number of aromatic nitrogens is 1. The minimum Gasteiger partial charge on any atom is -0.493 e. The third-order valence-electron chi connectivity index (χ3n) is 4.14. The van der Waals surface area contributed by atoms with Crippen LogP contribution in [-0.4, -0.2) is 24.7 Å². The van der Waals surface area contributed by atoms with Crippen LogP contribution < -0.4 is 14.8 Å². The van der Waals surface area contributed by atoms with Crippen LogP contribution >= 0.6 is 11.6 Å². The molecule has 2 aromatic carbocycles. The van der Waals surface area contributed by atoms with Gasteiger partial charge in [-0.05, 0) is 35.9 Å². The van der Waals surface area contributed by atoms with Gasteiger partial charge in [-0.25, -0.2) is 0 Å². The second-order valence-corrected chi connectivity index (χ2v) is 6.10. The van der Waals surface area contributed by atoms with E-state index in [-0.39, 0.29) is 5.91 Å². The summed E-state index contributed by atoms with van der Waals surface area (Å²) in [4.78, 5) is 12.6. The van der Waals surface area contributed by atoms with E-state index in [0.29, 0.717) is 28.8 Å². The first-order chi connectivity index (χ1) is 12.0. The van der Waals surface area contributed by atoms with Gasteiger partial charge in [0.25, 0.3) is 5.91 Å². The van der Waals surface area contributed by atoms with Gasteiger partial charge in [0.05, 0.1) is 14.2 Å². The number of halogens is 1. The van der Waals surface area contributed by atoms with E-state index in [0.717, 1.165) is 16.5 Å². The van der Waals surface area contributed by atoms with E-state index in [1.807, 2.05) is 54.1 Å². The van der Waals surface area contributed by atoms with E-state index in [4.69, 9.17) is 21.1 Å². The maximum atomic E-state index is 12.6. The minimum atomic E-state index is -0.149. The van der Waals surface area contributed by atoms with Crippen molar-refractivity contribution in [3.8, 4) is 11.5 Å². The molecule has 130 valence electrons. The Morgan fingerprint density at radius 1 is 1.08 bits per heavy atom. The van der Waals surface area contributed by atoms with E-state index in [9.17, 15) is 4.79 Å². The summed E-state index contributed by atoms with van der Waals surface area (Å²) in [5, 5.41) is 4.55. The van der Waals surface area contributed by atoms with Gasteiger partial charge >= 0.3 is 0 Å². The van der Waals surface area contributed by atoms with Crippen molar-refractivity contribution in [2.45, 2.75) is 6.54 Å². The summed E-state index contributed by atoms with van der Waals surface area (Å²) < 4.78 is 12.3. The van der Waals surface area contributed by atoms with Crippen LogP contribution in [0.3, 0.4) is 0 Å². The molecule has 1 aromatic heterocycles. The maximum absolute atomic E-state index is 12.6. The van der Waals surface area contributed by atoms with Gasteiger partial charge in [-0.1, -0.05) is 23.7 Å². The molecular weight excluding hydrogens is 340 g/mol. The van der Waals surface area contributed by atoms with Crippen molar-refractivity contribution in [1.29, 1.82) is 0 Å². The summed E-state index contributed by atoms with van der Waals surface area (Å²) in [5.74, 6) is 1.14. The van der Waals surface area contributed by atoms with Crippen LogP contribution in [0.15, 0.2) is 42.5 Å². The molecule has 0 spiro atoms. The molecule has 3 rings (SSSR count). The van der Waals surface area contributed by atoms with Crippen molar-refractivity contribution in [1.82, 2.24) is 9.88 Å². The highest BCUT2D eigenvalue weighted by atomic mass is 35.5.